The van der Waals surface area contributed by atoms with Crippen molar-refractivity contribution in [1.82, 2.24) is 0 Å². The molecule has 0 spiro atoms. The van der Waals surface area contributed by atoms with Gasteiger partial charge in [0.15, 0.2) is 5.78 Å². The molecule has 0 heterocycles. The van der Waals surface area contributed by atoms with Crippen molar-refractivity contribution >= 4 is 17.7 Å². The van der Waals surface area contributed by atoms with Crippen LogP contribution in [0.4, 0.5) is 0 Å². The number of hydrogen-bond acceptors (Lipinski definition) is 7. The zero-order chi connectivity index (χ0) is 17.5. The fourth-order valence-corrected chi connectivity index (χ4v) is 1.79. The molecule has 0 unspecified atom stereocenters. The number of aliphatic hydroxyl groups is 1. The van der Waals surface area contributed by atoms with Gasteiger partial charge in [0.05, 0.1) is 31.3 Å². The van der Waals surface area contributed by atoms with Crippen molar-refractivity contribution < 1.29 is 29.0 Å². The summed E-state index contributed by atoms with van der Waals surface area (Å²) < 4.78 is 9.33. The fourth-order valence-electron chi connectivity index (χ4n) is 1.79. The number of ether oxygens (including phenoxy) is 2. The van der Waals surface area contributed by atoms with E-state index in [4.69, 9.17) is 5.26 Å². The molecule has 0 aromatic heterocycles. The fraction of sp³-hybridized carbons (Fsp3) is 0.375. The van der Waals surface area contributed by atoms with Crippen molar-refractivity contribution in [1.29, 1.82) is 5.26 Å². The normalized spacial score (nSPS) is 10.5. The van der Waals surface area contributed by atoms with Gasteiger partial charge in [-0.25, -0.2) is 9.59 Å². The lowest BCUT2D eigenvalue weighted by atomic mass is 9.93. The van der Waals surface area contributed by atoms with Gasteiger partial charge in [0, 0.05) is 5.56 Å². The monoisotopic (exact) mass is 319 g/mol. The number of Topliss-reactive ketones (excluding diaryl/α,β-unsaturated/α-hetero) is 1. The van der Waals surface area contributed by atoms with E-state index in [1.54, 1.807) is 0 Å². The first-order chi connectivity index (χ1) is 10.9. The molecular formula is C16H17NO6. The van der Waals surface area contributed by atoms with Gasteiger partial charge in [-0.2, -0.15) is 5.26 Å². The Morgan fingerprint density at radius 2 is 1.57 bits per heavy atom. The highest BCUT2D eigenvalue weighted by molar-refractivity contribution is 6.10. The smallest absolute Gasteiger partial charge is 0.350 e. The van der Waals surface area contributed by atoms with E-state index in [0.29, 0.717) is 5.56 Å². The van der Waals surface area contributed by atoms with Gasteiger partial charge in [-0.1, -0.05) is 12.1 Å². The first kappa shape index (κ1) is 18.3. The van der Waals surface area contributed by atoms with Crippen LogP contribution >= 0.6 is 0 Å². The van der Waals surface area contributed by atoms with E-state index in [2.05, 4.69) is 9.47 Å². The van der Waals surface area contributed by atoms with E-state index < -0.39 is 29.7 Å². The molecule has 7 heteroatoms. The van der Waals surface area contributed by atoms with Gasteiger partial charge in [0.25, 0.3) is 5.60 Å². The summed E-state index contributed by atoms with van der Waals surface area (Å²) in [4.78, 5) is 36.0. The Morgan fingerprint density at radius 1 is 1.09 bits per heavy atom. The molecule has 0 atom stereocenters. The van der Waals surface area contributed by atoms with E-state index in [-0.39, 0.29) is 18.8 Å². The molecule has 0 saturated heterocycles. The highest BCUT2D eigenvalue weighted by Crippen LogP contribution is 2.19. The van der Waals surface area contributed by atoms with Crippen molar-refractivity contribution in [3.05, 3.63) is 35.4 Å². The molecule has 1 aromatic carbocycles. The third-order valence-corrected chi connectivity index (χ3v) is 2.98. The molecule has 1 rings (SSSR count). The van der Waals surface area contributed by atoms with E-state index in [1.165, 1.54) is 38.1 Å². The summed E-state index contributed by atoms with van der Waals surface area (Å²) in [6, 6.07) is 7.48. The number of carbonyl (C=O) groups is 3. The molecule has 0 saturated carbocycles. The molecule has 0 aliphatic heterocycles. The second kappa shape index (κ2) is 8.06. The largest absolute Gasteiger partial charge is 0.463 e. The van der Waals surface area contributed by atoms with Crippen LogP contribution in [0, 0.1) is 11.3 Å². The average Bonchev–Trinajstić information content (AvgIpc) is 2.55. The van der Waals surface area contributed by atoms with Crippen LogP contribution in [-0.4, -0.2) is 41.6 Å². The number of carbonyl (C=O) groups excluding carboxylic acids is 3. The summed E-state index contributed by atoms with van der Waals surface area (Å²) in [5.41, 5.74) is -2.19. The molecule has 0 bridgehead atoms. The molecule has 1 aromatic rings. The zero-order valence-corrected chi connectivity index (χ0v) is 12.9. The van der Waals surface area contributed by atoms with E-state index >= 15 is 0 Å². The molecular weight excluding hydrogens is 302 g/mol. The van der Waals surface area contributed by atoms with Crippen LogP contribution in [-0.2, 0) is 19.1 Å². The minimum Gasteiger partial charge on any atom is -0.463 e. The van der Waals surface area contributed by atoms with Gasteiger partial charge in [0.1, 0.15) is 0 Å². The lowest BCUT2D eigenvalue weighted by Crippen LogP contribution is -2.50. The second-order valence-electron chi connectivity index (χ2n) is 4.59. The summed E-state index contributed by atoms with van der Waals surface area (Å²) in [6.45, 7) is 2.88. The van der Waals surface area contributed by atoms with Crippen LogP contribution in [0.5, 0.6) is 0 Å². The van der Waals surface area contributed by atoms with E-state index in [1.807, 2.05) is 6.07 Å². The van der Waals surface area contributed by atoms with Crippen LogP contribution in [0.25, 0.3) is 0 Å². The Balaban J connectivity index is 3.03. The zero-order valence-electron chi connectivity index (χ0n) is 12.9. The Kier molecular flexibility index (Phi) is 6.42. The third kappa shape index (κ3) is 4.37. The van der Waals surface area contributed by atoms with E-state index in [9.17, 15) is 19.5 Å². The topological polar surface area (TPSA) is 114 Å². The summed E-state index contributed by atoms with van der Waals surface area (Å²) in [7, 11) is 0. The van der Waals surface area contributed by atoms with Crippen molar-refractivity contribution in [3.63, 3.8) is 0 Å². The number of esters is 2. The van der Waals surface area contributed by atoms with Gasteiger partial charge < -0.3 is 14.6 Å². The summed E-state index contributed by atoms with van der Waals surface area (Å²) in [5.74, 6) is -3.13. The van der Waals surface area contributed by atoms with E-state index in [0.717, 1.165) is 0 Å². The van der Waals surface area contributed by atoms with Crippen LogP contribution in [0.15, 0.2) is 24.3 Å². The minimum absolute atomic E-state index is 0.0639. The van der Waals surface area contributed by atoms with Crippen molar-refractivity contribution in [2.75, 3.05) is 13.2 Å². The van der Waals surface area contributed by atoms with Crippen LogP contribution < -0.4 is 0 Å². The van der Waals surface area contributed by atoms with Gasteiger partial charge >= 0.3 is 11.9 Å². The number of rotatable bonds is 7. The Bertz CT molecular complexity index is 611. The number of ketones is 1. The number of benzene rings is 1. The summed E-state index contributed by atoms with van der Waals surface area (Å²) >= 11 is 0. The standard InChI is InChI=1S/C16H17NO6/c1-3-22-14(19)16(21,15(20)23-4-2)9-13(18)12-7-5-11(10-17)6-8-12/h5-8,21H,3-4,9H2,1-2H3. The predicted molar refractivity (Wildman–Crippen MR) is 78.3 cm³/mol. The maximum absolute atomic E-state index is 12.2. The lowest BCUT2D eigenvalue weighted by molar-refractivity contribution is -0.182. The summed E-state index contributed by atoms with van der Waals surface area (Å²) in [6.07, 6.45) is -0.809. The van der Waals surface area contributed by atoms with Gasteiger partial charge in [0.2, 0.25) is 0 Å². The van der Waals surface area contributed by atoms with Gasteiger partial charge in [-0.3, -0.25) is 4.79 Å². The molecule has 0 aliphatic carbocycles. The maximum atomic E-state index is 12.2. The maximum Gasteiger partial charge on any atom is 0.350 e. The Hall–Kier alpha value is -2.72. The molecule has 7 nitrogen and oxygen atoms in total. The number of nitrogens with zero attached hydrogens (tertiary/aromatic N) is 1. The lowest BCUT2D eigenvalue weighted by Gasteiger charge is -2.22. The van der Waals surface area contributed by atoms with Gasteiger partial charge in [-0.15, -0.1) is 0 Å². The number of nitriles is 1. The van der Waals surface area contributed by atoms with Crippen LogP contribution in [0.1, 0.15) is 36.2 Å². The highest BCUT2D eigenvalue weighted by atomic mass is 16.6. The van der Waals surface area contributed by atoms with Crippen LogP contribution in [0.3, 0.4) is 0 Å². The van der Waals surface area contributed by atoms with Crippen molar-refractivity contribution in [2.45, 2.75) is 25.9 Å². The Morgan fingerprint density at radius 3 is 1.96 bits per heavy atom. The third-order valence-electron chi connectivity index (χ3n) is 2.98. The minimum atomic E-state index is -2.70. The summed E-state index contributed by atoms with van der Waals surface area (Å²) in [5, 5.41) is 19.0. The Labute approximate surface area is 133 Å². The molecule has 0 aliphatic rings. The van der Waals surface area contributed by atoms with Gasteiger partial charge in [-0.05, 0) is 26.0 Å². The molecule has 122 valence electrons. The molecule has 0 radical (unpaired) electrons. The highest BCUT2D eigenvalue weighted by Gasteiger charge is 2.49. The number of hydrogen-bond donors (Lipinski definition) is 1. The SMILES string of the molecule is CCOC(=O)C(O)(CC(=O)c1ccc(C#N)cc1)C(=O)OCC. The molecule has 1 N–H and O–H groups in total. The van der Waals surface area contributed by atoms with Crippen molar-refractivity contribution in [3.8, 4) is 6.07 Å². The average molecular weight is 319 g/mol. The predicted octanol–water partition coefficient (Wildman–Crippen LogP) is 0.988. The quantitative estimate of drug-likeness (QED) is 0.453. The molecule has 23 heavy (non-hydrogen) atoms. The molecule has 0 amide bonds. The molecule has 0 fully saturated rings. The first-order valence-electron chi connectivity index (χ1n) is 6.99. The van der Waals surface area contributed by atoms with Crippen LogP contribution in [0.2, 0.25) is 0 Å². The second-order valence-corrected chi connectivity index (χ2v) is 4.59. The first-order valence-corrected chi connectivity index (χ1v) is 6.99. The van der Waals surface area contributed by atoms with Crippen molar-refractivity contribution in [2.24, 2.45) is 0 Å².